The molecule has 3 amide bonds. The van der Waals surface area contributed by atoms with Gasteiger partial charge in [-0.25, -0.2) is 0 Å². The van der Waals surface area contributed by atoms with E-state index in [1.54, 1.807) is 7.05 Å². The van der Waals surface area contributed by atoms with E-state index in [0.29, 0.717) is 17.8 Å². The van der Waals surface area contributed by atoms with Crippen LogP contribution in [0.4, 0.5) is 0 Å². The molecule has 0 aromatic heterocycles. The summed E-state index contributed by atoms with van der Waals surface area (Å²) >= 11 is 0. The zero-order chi connectivity index (χ0) is 17.1. The van der Waals surface area contributed by atoms with Crippen molar-refractivity contribution in [2.24, 2.45) is 0 Å². The second-order valence-electron chi connectivity index (χ2n) is 5.37. The largest absolute Gasteiger partial charge is 0.359 e. The molecule has 2 N–H and O–H groups in total. The maximum absolute atomic E-state index is 11.6. The van der Waals surface area contributed by atoms with Crippen molar-refractivity contribution in [1.29, 1.82) is 0 Å². The third kappa shape index (κ3) is 7.53. The fourth-order valence-electron chi connectivity index (χ4n) is 2.19. The number of hydrazine groups is 1. The highest BCUT2D eigenvalue weighted by atomic mass is 16.3. The van der Waals surface area contributed by atoms with E-state index in [2.05, 4.69) is 10.6 Å². The van der Waals surface area contributed by atoms with Gasteiger partial charge in [-0.15, -0.1) is 0 Å². The van der Waals surface area contributed by atoms with E-state index in [1.165, 1.54) is 6.08 Å². The SMILES string of the molecule is CNC(=O)CCCCCCCNC(=O)CCN1C(=O)C=C[N+]1=O. The van der Waals surface area contributed by atoms with Crippen molar-refractivity contribution in [3.63, 3.8) is 0 Å². The molecule has 1 rings (SSSR count). The van der Waals surface area contributed by atoms with Crippen molar-refractivity contribution in [3.8, 4) is 0 Å². The first-order valence-corrected chi connectivity index (χ1v) is 7.98. The van der Waals surface area contributed by atoms with Gasteiger partial charge in [-0.3, -0.25) is 14.4 Å². The lowest BCUT2D eigenvalue weighted by Crippen LogP contribution is -2.35. The average Bonchev–Trinajstić information content (AvgIpc) is 2.86. The van der Waals surface area contributed by atoms with Crippen LogP contribution in [0.25, 0.3) is 0 Å². The number of nitrogens with one attached hydrogen (secondary N) is 2. The molecule has 1 aliphatic heterocycles. The predicted molar refractivity (Wildman–Crippen MR) is 83.9 cm³/mol. The summed E-state index contributed by atoms with van der Waals surface area (Å²) < 4.78 is 0. The molecule has 0 fully saturated rings. The molecule has 8 nitrogen and oxygen atoms in total. The van der Waals surface area contributed by atoms with Crippen molar-refractivity contribution in [1.82, 2.24) is 15.6 Å². The molecule has 23 heavy (non-hydrogen) atoms. The van der Waals surface area contributed by atoms with Crippen LogP contribution in [-0.2, 0) is 14.4 Å². The highest BCUT2D eigenvalue weighted by Gasteiger charge is 2.31. The number of carbonyl (C=O) groups is 3. The fraction of sp³-hybridized carbons (Fsp3) is 0.667. The number of carbonyl (C=O) groups excluding carboxylic acids is 3. The van der Waals surface area contributed by atoms with Gasteiger partial charge in [-0.2, -0.15) is 0 Å². The Labute approximate surface area is 135 Å². The first kappa shape index (κ1) is 18.8. The second kappa shape index (κ2) is 10.5. The molecule has 0 saturated heterocycles. The van der Waals surface area contributed by atoms with E-state index < -0.39 is 5.91 Å². The first-order chi connectivity index (χ1) is 11.0. The molecular formula is C15H25N4O4+. The lowest BCUT2D eigenvalue weighted by atomic mass is 10.1. The van der Waals surface area contributed by atoms with Gasteiger partial charge in [0.05, 0.1) is 23.9 Å². The maximum atomic E-state index is 11.6. The maximum Gasteiger partial charge on any atom is 0.312 e. The van der Waals surface area contributed by atoms with Crippen LogP contribution in [0, 0.1) is 4.91 Å². The Morgan fingerprint density at radius 2 is 1.78 bits per heavy atom. The molecule has 0 aromatic rings. The Kier molecular flexibility index (Phi) is 8.56. The lowest BCUT2D eigenvalue weighted by molar-refractivity contribution is -0.625. The molecule has 1 heterocycles. The summed E-state index contributed by atoms with van der Waals surface area (Å²) in [5.41, 5.74) is 0. The molecule has 0 radical (unpaired) electrons. The number of hydrogen-bond acceptors (Lipinski definition) is 4. The van der Waals surface area contributed by atoms with Crippen molar-refractivity contribution >= 4 is 17.7 Å². The second-order valence-corrected chi connectivity index (χ2v) is 5.37. The number of amides is 3. The summed E-state index contributed by atoms with van der Waals surface area (Å²) in [5.74, 6) is -0.497. The number of unbranched alkanes of at least 4 members (excludes halogenated alkanes) is 4. The van der Waals surface area contributed by atoms with Gasteiger partial charge in [0.2, 0.25) is 11.8 Å². The Bertz CT molecular complexity index is 458. The number of nitroso groups, excluding NO2 is 1. The van der Waals surface area contributed by atoms with Gasteiger partial charge in [0.1, 0.15) is 0 Å². The quantitative estimate of drug-likeness (QED) is 0.430. The smallest absolute Gasteiger partial charge is 0.312 e. The minimum absolute atomic E-state index is 0.0700. The normalized spacial score (nSPS) is 13.5. The van der Waals surface area contributed by atoms with Crippen molar-refractivity contribution in [3.05, 3.63) is 17.2 Å². The zero-order valence-electron chi connectivity index (χ0n) is 13.5. The van der Waals surface area contributed by atoms with Gasteiger partial charge >= 0.3 is 5.91 Å². The Morgan fingerprint density at radius 3 is 2.43 bits per heavy atom. The predicted octanol–water partition coefficient (Wildman–Crippen LogP) is 0.629. The summed E-state index contributed by atoms with van der Waals surface area (Å²) in [6, 6.07) is 0. The Balaban J connectivity index is 1.95. The monoisotopic (exact) mass is 325 g/mol. The molecule has 1 aliphatic rings. The van der Waals surface area contributed by atoms with Crippen molar-refractivity contribution in [2.75, 3.05) is 20.1 Å². The zero-order valence-corrected chi connectivity index (χ0v) is 13.5. The standard InChI is InChI=1S/C15H24N4O4/c1-16-13(20)7-5-3-2-4-6-10-17-14(21)8-11-18-15(22)9-12-19(18)23/h9,12H,2-8,10-11H2,1H3,(H-,16,17,20,21)/p+1. The summed E-state index contributed by atoms with van der Waals surface area (Å²) in [5, 5.41) is 6.34. The van der Waals surface area contributed by atoms with Gasteiger partial charge in [0.25, 0.3) is 6.20 Å². The van der Waals surface area contributed by atoms with Crippen LogP contribution in [0.5, 0.6) is 0 Å². The van der Waals surface area contributed by atoms with Gasteiger partial charge in [0, 0.05) is 20.0 Å². The Hall–Kier alpha value is -2.25. The third-order valence-corrected chi connectivity index (χ3v) is 3.57. The molecule has 0 aromatic carbocycles. The number of nitrogens with zero attached hydrogens (tertiary/aromatic N) is 2. The van der Waals surface area contributed by atoms with E-state index in [-0.39, 0.29) is 24.8 Å². The van der Waals surface area contributed by atoms with E-state index in [0.717, 1.165) is 43.3 Å². The number of hydrogen-bond donors (Lipinski definition) is 2. The van der Waals surface area contributed by atoms with Crippen molar-refractivity contribution in [2.45, 2.75) is 44.9 Å². The van der Waals surface area contributed by atoms with Gasteiger partial charge in [0.15, 0.2) is 4.87 Å². The van der Waals surface area contributed by atoms with Crippen LogP contribution in [0.1, 0.15) is 44.9 Å². The van der Waals surface area contributed by atoms with E-state index in [9.17, 15) is 19.3 Å². The fourth-order valence-corrected chi connectivity index (χ4v) is 2.19. The summed E-state index contributed by atoms with van der Waals surface area (Å²) in [6.07, 6.45) is 7.78. The molecule has 128 valence electrons. The van der Waals surface area contributed by atoms with Gasteiger partial charge in [-0.1, -0.05) is 24.3 Å². The van der Waals surface area contributed by atoms with E-state index in [1.807, 2.05) is 0 Å². The van der Waals surface area contributed by atoms with Gasteiger partial charge < -0.3 is 10.6 Å². The molecule has 0 aliphatic carbocycles. The lowest BCUT2D eigenvalue weighted by Gasteiger charge is -2.07. The minimum atomic E-state index is -0.399. The molecule has 0 spiro atoms. The topological polar surface area (TPSA) is 98.6 Å². The highest BCUT2D eigenvalue weighted by molar-refractivity contribution is 5.88. The van der Waals surface area contributed by atoms with Crippen LogP contribution in [0.15, 0.2) is 12.3 Å². The molecule has 0 unspecified atom stereocenters. The van der Waals surface area contributed by atoms with Crippen LogP contribution in [0.2, 0.25) is 0 Å². The third-order valence-electron chi connectivity index (χ3n) is 3.57. The highest BCUT2D eigenvalue weighted by Crippen LogP contribution is 2.05. The molecule has 8 heteroatoms. The molecule has 0 saturated carbocycles. The van der Waals surface area contributed by atoms with E-state index >= 15 is 0 Å². The molecular weight excluding hydrogens is 300 g/mol. The molecule has 0 bridgehead atoms. The van der Waals surface area contributed by atoms with E-state index in [4.69, 9.17) is 0 Å². The van der Waals surface area contributed by atoms with Crippen LogP contribution in [-0.4, -0.2) is 47.7 Å². The summed E-state index contributed by atoms with van der Waals surface area (Å²) in [7, 11) is 1.63. The Morgan fingerprint density at radius 1 is 1.09 bits per heavy atom. The average molecular weight is 325 g/mol. The molecule has 0 atom stereocenters. The van der Waals surface area contributed by atoms with Crippen LogP contribution < -0.4 is 10.6 Å². The van der Waals surface area contributed by atoms with Crippen LogP contribution >= 0.6 is 0 Å². The summed E-state index contributed by atoms with van der Waals surface area (Å²) in [4.78, 5) is 45.6. The van der Waals surface area contributed by atoms with Gasteiger partial charge in [-0.05, 0) is 12.8 Å². The number of rotatable bonds is 11. The first-order valence-electron chi connectivity index (χ1n) is 7.98. The summed E-state index contributed by atoms with van der Waals surface area (Å²) in [6.45, 7) is 0.669. The van der Waals surface area contributed by atoms with Crippen molar-refractivity contribution < 1.29 is 19.3 Å². The minimum Gasteiger partial charge on any atom is -0.359 e. The van der Waals surface area contributed by atoms with Crippen LogP contribution in [0.3, 0.4) is 0 Å².